The normalized spacial score (nSPS) is 17.3. The summed E-state index contributed by atoms with van der Waals surface area (Å²) in [6.07, 6.45) is 0.879. The van der Waals surface area contributed by atoms with Gasteiger partial charge in [-0.3, -0.25) is 0 Å². The van der Waals surface area contributed by atoms with Crippen molar-refractivity contribution in [2.75, 3.05) is 11.9 Å². The Morgan fingerprint density at radius 2 is 2.14 bits per heavy atom. The third kappa shape index (κ3) is 2.32. The Kier molecular flexibility index (Phi) is 2.97. The molecule has 21 heavy (non-hydrogen) atoms. The van der Waals surface area contributed by atoms with E-state index in [4.69, 9.17) is 16.3 Å². The Labute approximate surface area is 127 Å². The zero-order chi connectivity index (χ0) is 14.2. The summed E-state index contributed by atoms with van der Waals surface area (Å²) in [6.45, 7) is 0.687. The first-order chi connectivity index (χ1) is 10.3. The van der Waals surface area contributed by atoms with Gasteiger partial charge in [0.25, 0.3) is 0 Å². The Bertz CT molecular complexity index is 766. The lowest BCUT2D eigenvalue weighted by Gasteiger charge is -2.26. The molecule has 0 saturated heterocycles. The summed E-state index contributed by atoms with van der Waals surface area (Å²) < 4.78 is 5.68. The van der Waals surface area contributed by atoms with E-state index >= 15 is 0 Å². The van der Waals surface area contributed by atoms with E-state index in [1.165, 1.54) is 0 Å². The largest absolute Gasteiger partial charge is 0.493 e. The van der Waals surface area contributed by atoms with Gasteiger partial charge >= 0.3 is 0 Å². The number of halogens is 1. The summed E-state index contributed by atoms with van der Waals surface area (Å²) in [4.78, 5) is 7.85. The third-order valence-corrected chi connectivity index (χ3v) is 3.95. The van der Waals surface area contributed by atoms with Gasteiger partial charge in [-0.1, -0.05) is 23.7 Å². The minimum Gasteiger partial charge on any atom is -0.493 e. The van der Waals surface area contributed by atoms with Crippen molar-refractivity contribution >= 4 is 28.6 Å². The number of imidazole rings is 1. The molecule has 0 amide bonds. The number of anilines is 1. The van der Waals surface area contributed by atoms with Crippen LogP contribution in [0, 0.1) is 0 Å². The number of hydrogen-bond acceptors (Lipinski definition) is 3. The van der Waals surface area contributed by atoms with E-state index in [0.29, 0.717) is 6.61 Å². The van der Waals surface area contributed by atoms with Crippen molar-refractivity contribution in [2.24, 2.45) is 0 Å². The van der Waals surface area contributed by atoms with Crippen molar-refractivity contribution in [3.05, 3.63) is 53.1 Å². The van der Waals surface area contributed by atoms with Gasteiger partial charge in [0.05, 0.1) is 23.7 Å². The highest BCUT2D eigenvalue weighted by molar-refractivity contribution is 6.30. The van der Waals surface area contributed by atoms with E-state index in [1.54, 1.807) is 0 Å². The molecule has 4 nitrogen and oxygen atoms in total. The van der Waals surface area contributed by atoms with Gasteiger partial charge in [-0.2, -0.15) is 0 Å². The second-order valence-electron chi connectivity index (χ2n) is 5.12. The zero-order valence-electron chi connectivity index (χ0n) is 11.3. The van der Waals surface area contributed by atoms with Crippen molar-refractivity contribution in [3.63, 3.8) is 0 Å². The van der Waals surface area contributed by atoms with E-state index < -0.39 is 0 Å². The first-order valence-electron chi connectivity index (χ1n) is 6.93. The smallest absolute Gasteiger partial charge is 0.201 e. The van der Waals surface area contributed by atoms with Gasteiger partial charge in [0.15, 0.2) is 0 Å². The number of fused-ring (bicyclic) bond motifs is 2. The number of H-pyrrole nitrogens is 1. The molecule has 1 unspecified atom stereocenters. The lowest BCUT2D eigenvalue weighted by molar-refractivity contribution is 0.274. The lowest BCUT2D eigenvalue weighted by atomic mass is 10.0. The number of nitrogens with zero attached hydrogens (tertiary/aromatic N) is 1. The van der Waals surface area contributed by atoms with Crippen LogP contribution in [0.15, 0.2) is 42.5 Å². The molecule has 0 fully saturated rings. The van der Waals surface area contributed by atoms with Gasteiger partial charge in [-0.05, 0) is 30.3 Å². The average molecular weight is 300 g/mol. The molecule has 0 radical (unpaired) electrons. The Balaban J connectivity index is 1.67. The maximum absolute atomic E-state index is 6.10. The molecule has 2 heterocycles. The molecule has 1 aliphatic rings. The number of benzene rings is 2. The van der Waals surface area contributed by atoms with Crippen LogP contribution >= 0.6 is 11.6 Å². The highest BCUT2D eigenvalue weighted by Gasteiger charge is 2.22. The number of para-hydroxylation sites is 2. The van der Waals surface area contributed by atoms with Crippen LogP contribution in [0.3, 0.4) is 0 Å². The van der Waals surface area contributed by atoms with Gasteiger partial charge in [-0.25, -0.2) is 4.98 Å². The summed E-state index contributed by atoms with van der Waals surface area (Å²) in [5.41, 5.74) is 3.06. The predicted molar refractivity (Wildman–Crippen MR) is 84.0 cm³/mol. The molecule has 0 bridgehead atoms. The van der Waals surface area contributed by atoms with Crippen LogP contribution in [0.5, 0.6) is 5.75 Å². The molecule has 0 aliphatic carbocycles. The van der Waals surface area contributed by atoms with Gasteiger partial charge in [0.1, 0.15) is 5.75 Å². The summed E-state index contributed by atoms with van der Waals surface area (Å²) in [5.74, 6) is 1.66. The quantitative estimate of drug-likeness (QED) is 0.747. The number of hydrogen-bond donors (Lipinski definition) is 2. The maximum atomic E-state index is 6.10. The fraction of sp³-hybridized carbons (Fsp3) is 0.188. The van der Waals surface area contributed by atoms with Crippen LogP contribution in [-0.2, 0) is 0 Å². The zero-order valence-corrected chi connectivity index (χ0v) is 12.0. The molecule has 0 saturated carbocycles. The van der Waals surface area contributed by atoms with Gasteiger partial charge in [0, 0.05) is 17.0 Å². The van der Waals surface area contributed by atoms with E-state index in [2.05, 4.69) is 15.3 Å². The molecule has 3 aromatic rings. The maximum Gasteiger partial charge on any atom is 0.201 e. The monoisotopic (exact) mass is 299 g/mol. The predicted octanol–water partition coefficient (Wildman–Crippen LogP) is 4.15. The molecular weight excluding hydrogens is 286 g/mol. The number of aromatic nitrogens is 2. The molecule has 0 spiro atoms. The minimum absolute atomic E-state index is 0.146. The first kappa shape index (κ1) is 12.5. The molecule has 1 aromatic heterocycles. The Morgan fingerprint density at radius 3 is 3.05 bits per heavy atom. The van der Waals surface area contributed by atoms with Crippen LogP contribution in [0.1, 0.15) is 18.0 Å². The second kappa shape index (κ2) is 4.97. The Hall–Kier alpha value is -2.20. The van der Waals surface area contributed by atoms with Crippen molar-refractivity contribution in [2.45, 2.75) is 12.5 Å². The summed E-state index contributed by atoms with van der Waals surface area (Å²) in [5, 5.41) is 4.17. The second-order valence-corrected chi connectivity index (χ2v) is 5.56. The molecule has 5 heteroatoms. The average Bonchev–Trinajstić information content (AvgIpc) is 2.90. The standard InChI is InChI=1S/C16H14ClN3O/c17-10-5-6-15-11(9-10)12(7-8-21-15)18-16-19-13-3-1-2-4-14(13)20-16/h1-6,9,12H,7-8H2,(H2,18,19,20). The molecule has 106 valence electrons. The highest BCUT2D eigenvalue weighted by Crippen LogP contribution is 2.35. The number of nitrogens with one attached hydrogen (secondary N) is 2. The molecule has 1 atom stereocenters. The van der Waals surface area contributed by atoms with Crippen molar-refractivity contribution in [1.82, 2.24) is 9.97 Å². The SMILES string of the molecule is Clc1ccc2c(c1)C(Nc1nc3ccccc3[nH]1)CCO2. The van der Waals surface area contributed by atoms with Crippen LogP contribution in [0.25, 0.3) is 11.0 Å². The topological polar surface area (TPSA) is 49.9 Å². The number of rotatable bonds is 2. The number of ether oxygens (including phenoxy) is 1. The van der Waals surface area contributed by atoms with Crippen LogP contribution in [-0.4, -0.2) is 16.6 Å². The summed E-state index contributed by atoms with van der Waals surface area (Å²) in [7, 11) is 0. The Morgan fingerprint density at radius 1 is 1.24 bits per heavy atom. The first-order valence-corrected chi connectivity index (χ1v) is 7.31. The fourth-order valence-electron chi connectivity index (χ4n) is 2.70. The minimum atomic E-state index is 0.146. The lowest BCUT2D eigenvalue weighted by Crippen LogP contribution is -2.20. The van der Waals surface area contributed by atoms with Crippen molar-refractivity contribution in [3.8, 4) is 5.75 Å². The van der Waals surface area contributed by atoms with E-state index in [9.17, 15) is 0 Å². The van der Waals surface area contributed by atoms with E-state index in [-0.39, 0.29) is 6.04 Å². The van der Waals surface area contributed by atoms with Gasteiger partial charge in [-0.15, -0.1) is 0 Å². The van der Waals surface area contributed by atoms with Crippen LogP contribution < -0.4 is 10.1 Å². The summed E-state index contributed by atoms with van der Waals surface area (Å²) >= 11 is 6.10. The van der Waals surface area contributed by atoms with E-state index in [1.807, 2.05) is 42.5 Å². The van der Waals surface area contributed by atoms with Crippen molar-refractivity contribution < 1.29 is 4.74 Å². The third-order valence-electron chi connectivity index (χ3n) is 3.71. The van der Waals surface area contributed by atoms with Crippen LogP contribution in [0.4, 0.5) is 5.95 Å². The van der Waals surface area contributed by atoms with E-state index in [0.717, 1.165) is 39.7 Å². The molecular formula is C16H14ClN3O. The summed E-state index contributed by atoms with van der Waals surface area (Å²) in [6, 6.07) is 13.9. The van der Waals surface area contributed by atoms with Gasteiger partial charge < -0.3 is 15.0 Å². The molecule has 2 aromatic carbocycles. The van der Waals surface area contributed by atoms with Gasteiger partial charge in [0.2, 0.25) is 5.95 Å². The van der Waals surface area contributed by atoms with Crippen LogP contribution in [0.2, 0.25) is 5.02 Å². The molecule has 2 N–H and O–H groups in total. The fourth-order valence-corrected chi connectivity index (χ4v) is 2.88. The molecule has 4 rings (SSSR count). The number of aromatic amines is 1. The van der Waals surface area contributed by atoms with Crippen molar-refractivity contribution in [1.29, 1.82) is 0 Å². The highest BCUT2D eigenvalue weighted by atomic mass is 35.5. The molecule has 1 aliphatic heterocycles.